The van der Waals surface area contributed by atoms with Crippen LogP contribution in [0.1, 0.15) is 6.92 Å². The first-order valence-electron chi connectivity index (χ1n) is 7.51. The minimum Gasteiger partial charge on any atom is -0.483 e. The Kier molecular flexibility index (Phi) is 7.20. The smallest absolute Gasteiger partial charge is 0.326 e. The van der Waals surface area contributed by atoms with Crippen molar-refractivity contribution in [1.82, 2.24) is 0 Å². The van der Waals surface area contributed by atoms with E-state index in [-0.39, 0.29) is 0 Å². The Bertz CT molecular complexity index is 795. The van der Waals surface area contributed by atoms with Crippen molar-refractivity contribution in [2.45, 2.75) is 18.3 Å². The zero-order valence-corrected chi connectivity index (χ0v) is 16.3. The van der Waals surface area contributed by atoms with E-state index in [2.05, 4.69) is 17.4 Å². The lowest BCUT2D eigenvalue weighted by molar-refractivity contribution is -0.143. The molecule has 0 heterocycles. The van der Waals surface area contributed by atoms with E-state index in [9.17, 15) is 9.59 Å². The van der Waals surface area contributed by atoms with Crippen molar-refractivity contribution in [2.24, 2.45) is 0 Å². The number of methoxy groups -OCH3 is 1. The standard InChI is InChI=1S/C18H16Cl2O5S/c1-10(16(21)17(26)18(22)23-2)24-12-4-6-13(7-5-12)25-15-8-3-11(19)9-14(15)20/h3-10,17,26H,1-2H3. The molecule has 8 heteroatoms. The minimum absolute atomic E-state index is 0.389. The van der Waals surface area contributed by atoms with Gasteiger partial charge in [0.15, 0.2) is 17.1 Å². The molecule has 2 aromatic carbocycles. The third-order valence-electron chi connectivity index (χ3n) is 3.35. The molecule has 0 saturated heterocycles. The van der Waals surface area contributed by atoms with Crippen LogP contribution >= 0.6 is 35.8 Å². The van der Waals surface area contributed by atoms with E-state index in [1.807, 2.05) is 0 Å². The summed E-state index contributed by atoms with van der Waals surface area (Å²) in [5.74, 6) is 0.211. The van der Waals surface area contributed by atoms with E-state index in [0.29, 0.717) is 27.3 Å². The van der Waals surface area contributed by atoms with Gasteiger partial charge in [-0.05, 0) is 49.4 Å². The highest BCUT2D eigenvalue weighted by atomic mass is 35.5. The lowest BCUT2D eigenvalue weighted by Gasteiger charge is -2.16. The van der Waals surface area contributed by atoms with Gasteiger partial charge in [-0.3, -0.25) is 9.59 Å². The molecule has 0 N–H and O–H groups in total. The number of ketones is 1. The summed E-state index contributed by atoms with van der Waals surface area (Å²) in [7, 11) is 1.19. The molecule has 2 atom stereocenters. The van der Waals surface area contributed by atoms with Crippen LogP contribution in [0.4, 0.5) is 0 Å². The van der Waals surface area contributed by atoms with Gasteiger partial charge in [-0.25, -0.2) is 0 Å². The Morgan fingerprint density at radius 1 is 1.04 bits per heavy atom. The van der Waals surface area contributed by atoms with Crippen LogP contribution in [0.3, 0.4) is 0 Å². The second-order valence-corrected chi connectivity index (χ2v) is 6.60. The Hall–Kier alpha value is -1.89. The molecule has 2 aromatic rings. The number of hydrogen-bond acceptors (Lipinski definition) is 6. The molecule has 5 nitrogen and oxygen atoms in total. The number of halogens is 2. The Morgan fingerprint density at radius 2 is 1.65 bits per heavy atom. The predicted molar refractivity (Wildman–Crippen MR) is 103 cm³/mol. The average molecular weight is 415 g/mol. The molecule has 0 aliphatic rings. The van der Waals surface area contributed by atoms with Crippen LogP contribution in [0, 0.1) is 0 Å². The van der Waals surface area contributed by atoms with Crippen molar-refractivity contribution in [3.8, 4) is 17.2 Å². The normalized spacial score (nSPS) is 12.8. The molecule has 0 fully saturated rings. The van der Waals surface area contributed by atoms with Gasteiger partial charge in [-0.2, -0.15) is 12.6 Å². The van der Waals surface area contributed by atoms with E-state index < -0.39 is 23.1 Å². The molecule has 2 unspecified atom stereocenters. The maximum atomic E-state index is 12.1. The van der Waals surface area contributed by atoms with E-state index in [4.69, 9.17) is 32.7 Å². The molecule has 2 rings (SSSR count). The molecule has 0 aliphatic heterocycles. The van der Waals surface area contributed by atoms with Crippen molar-refractivity contribution in [3.05, 3.63) is 52.5 Å². The second-order valence-electron chi connectivity index (χ2n) is 5.24. The topological polar surface area (TPSA) is 61.8 Å². The van der Waals surface area contributed by atoms with Crippen LogP contribution in [0.2, 0.25) is 10.0 Å². The fourth-order valence-corrected chi connectivity index (χ4v) is 2.75. The number of rotatable bonds is 7. The van der Waals surface area contributed by atoms with Crippen molar-refractivity contribution in [1.29, 1.82) is 0 Å². The fourth-order valence-electron chi connectivity index (χ4n) is 1.98. The molecular weight excluding hydrogens is 399 g/mol. The maximum absolute atomic E-state index is 12.1. The number of thiol groups is 1. The van der Waals surface area contributed by atoms with E-state index in [0.717, 1.165) is 0 Å². The van der Waals surface area contributed by atoms with Gasteiger partial charge in [0, 0.05) is 5.02 Å². The van der Waals surface area contributed by atoms with E-state index in [1.54, 1.807) is 42.5 Å². The summed E-state index contributed by atoms with van der Waals surface area (Å²) >= 11 is 15.9. The monoisotopic (exact) mass is 414 g/mol. The highest BCUT2D eigenvalue weighted by molar-refractivity contribution is 7.82. The first kappa shape index (κ1) is 20.4. The van der Waals surface area contributed by atoms with Gasteiger partial charge >= 0.3 is 5.97 Å². The highest BCUT2D eigenvalue weighted by Gasteiger charge is 2.29. The zero-order chi connectivity index (χ0) is 19.3. The molecule has 0 bridgehead atoms. The summed E-state index contributed by atoms with van der Waals surface area (Å²) < 4.78 is 15.7. The number of hydrogen-bond donors (Lipinski definition) is 1. The lowest BCUT2D eigenvalue weighted by atomic mass is 10.2. The van der Waals surface area contributed by atoms with Gasteiger partial charge in [0.2, 0.25) is 0 Å². The number of carbonyl (C=O) groups excluding carboxylic acids is 2. The van der Waals surface area contributed by atoms with Gasteiger partial charge in [0.25, 0.3) is 0 Å². The first-order valence-corrected chi connectivity index (χ1v) is 8.78. The Balaban J connectivity index is 2.00. The number of esters is 1. The molecular formula is C18H16Cl2O5S. The van der Waals surface area contributed by atoms with E-state index >= 15 is 0 Å². The molecule has 0 saturated carbocycles. The van der Waals surface area contributed by atoms with Crippen molar-refractivity contribution in [2.75, 3.05) is 7.11 Å². The van der Waals surface area contributed by atoms with Crippen LogP contribution in [-0.2, 0) is 14.3 Å². The summed E-state index contributed by atoms with van der Waals surface area (Å²) in [5, 5.41) is -0.288. The summed E-state index contributed by atoms with van der Waals surface area (Å²) in [4.78, 5) is 23.4. The zero-order valence-electron chi connectivity index (χ0n) is 13.9. The van der Waals surface area contributed by atoms with Crippen molar-refractivity contribution in [3.63, 3.8) is 0 Å². The van der Waals surface area contributed by atoms with Gasteiger partial charge < -0.3 is 14.2 Å². The van der Waals surface area contributed by atoms with Crippen LogP contribution in [0.15, 0.2) is 42.5 Å². The van der Waals surface area contributed by atoms with Gasteiger partial charge in [-0.1, -0.05) is 23.2 Å². The van der Waals surface area contributed by atoms with Crippen molar-refractivity contribution < 1.29 is 23.8 Å². The minimum atomic E-state index is -1.19. The highest BCUT2D eigenvalue weighted by Crippen LogP contribution is 2.32. The molecule has 0 aliphatic carbocycles. The SMILES string of the molecule is COC(=O)C(S)C(=O)C(C)Oc1ccc(Oc2ccc(Cl)cc2Cl)cc1. The number of ether oxygens (including phenoxy) is 3. The van der Waals surface area contributed by atoms with Gasteiger partial charge in [0.1, 0.15) is 17.2 Å². The molecule has 138 valence electrons. The first-order chi connectivity index (χ1) is 12.3. The summed E-state index contributed by atoms with van der Waals surface area (Å²) in [6, 6.07) is 11.5. The summed E-state index contributed by atoms with van der Waals surface area (Å²) in [6.45, 7) is 1.53. The van der Waals surface area contributed by atoms with Crippen LogP contribution < -0.4 is 9.47 Å². The lowest BCUT2D eigenvalue weighted by Crippen LogP contribution is -2.36. The Labute approximate surface area is 166 Å². The Morgan fingerprint density at radius 3 is 2.23 bits per heavy atom. The molecule has 0 radical (unpaired) electrons. The predicted octanol–water partition coefficient (Wildman–Crippen LogP) is 4.59. The molecule has 26 heavy (non-hydrogen) atoms. The number of benzene rings is 2. The number of Topliss-reactive ketones (excluding diaryl/α,β-unsaturated/α-hetero) is 1. The van der Waals surface area contributed by atoms with Crippen LogP contribution in [0.5, 0.6) is 17.2 Å². The van der Waals surface area contributed by atoms with Gasteiger partial charge in [0.05, 0.1) is 12.1 Å². The number of carbonyl (C=O) groups is 2. The molecule has 0 amide bonds. The maximum Gasteiger partial charge on any atom is 0.326 e. The third kappa shape index (κ3) is 5.30. The average Bonchev–Trinajstić information content (AvgIpc) is 2.63. The van der Waals surface area contributed by atoms with Crippen LogP contribution in [0.25, 0.3) is 0 Å². The fraction of sp³-hybridized carbons (Fsp3) is 0.222. The third-order valence-corrected chi connectivity index (χ3v) is 4.35. The largest absolute Gasteiger partial charge is 0.483 e. The molecule has 0 aromatic heterocycles. The van der Waals surface area contributed by atoms with Crippen LogP contribution in [-0.4, -0.2) is 30.2 Å². The quantitative estimate of drug-likeness (QED) is 0.407. The summed E-state index contributed by atoms with van der Waals surface area (Å²) in [6.07, 6.45) is -0.867. The van der Waals surface area contributed by atoms with Gasteiger partial charge in [-0.15, -0.1) is 0 Å². The van der Waals surface area contributed by atoms with E-state index in [1.165, 1.54) is 14.0 Å². The second kappa shape index (κ2) is 9.16. The summed E-state index contributed by atoms with van der Waals surface area (Å²) in [5.41, 5.74) is 0. The van der Waals surface area contributed by atoms with Crippen molar-refractivity contribution >= 4 is 47.6 Å². The molecule has 0 spiro atoms.